The summed E-state index contributed by atoms with van der Waals surface area (Å²) < 4.78 is 22.4. The predicted molar refractivity (Wildman–Crippen MR) is 176 cm³/mol. The van der Waals surface area contributed by atoms with Gasteiger partial charge in [0.1, 0.15) is 23.7 Å². The van der Waals surface area contributed by atoms with Gasteiger partial charge in [-0.1, -0.05) is 60.1 Å². The summed E-state index contributed by atoms with van der Waals surface area (Å²) >= 11 is 0. The van der Waals surface area contributed by atoms with Gasteiger partial charge in [0.15, 0.2) is 12.4 Å². The van der Waals surface area contributed by atoms with Crippen molar-refractivity contribution < 1.29 is 49.0 Å². The van der Waals surface area contributed by atoms with Crippen molar-refractivity contribution in [1.29, 1.82) is 0 Å². The number of carbonyl (C=O) groups is 2. The van der Waals surface area contributed by atoms with E-state index in [1.54, 1.807) is 0 Å². The number of ether oxygens (including phenoxy) is 4. The molecule has 1 saturated heterocycles. The maximum atomic E-state index is 13.6. The van der Waals surface area contributed by atoms with Gasteiger partial charge in [0.2, 0.25) is 0 Å². The number of aliphatic hydroxyl groups excluding tert-OH is 4. The van der Waals surface area contributed by atoms with Gasteiger partial charge in [-0.2, -0.15) is 0 Å². The van der Waals surface area contributed by atoms with Gasteiger partial charge in [-0.3, -0.25) is 4.79 Å². The molecular formula is C38H60O10. The minimum Gasteiger partial charge on any atom is -0.468 e. The Kier molecular flexibility index (Phi) is 8.86. The molecule has 1 heterocycles. The fourth-order valence-electron chi connectivity index (χ4n) is 12.6. The van der Waals surface area contributed by atoms with Crippen LogP contribution < -0.4 is 0 Å². The predicted octanol–water partition coefficient (Wildman–Crippen LogP) is 4.30. The minimum absolute atomic E-state index is 0.0502. The largest absolute Gasteiger partial charge is 0.468 e. The van der Waals surface area contributed by atoms with E-state index in [9.17, 15) is 30.0 Å². The molecule has 272 valence electrons. The number of esters is 2. The highest BCUT2D eigenvalue weighted by atomic mass is 16.7. The molecule has 6 rings (SSSR count). The van der Waals surface area contributed by atoms with Gasteiger partial charge in [-0.15, -0.1) is 0 Å². The zero-order chi connectivity index (χ0) is 35.4. The van der Waals surface area contributed by atoms with Crippen LogP contribution in [0.3, 0.4) is 0 Å². The fourth-order valence-corrected chi connectivity index (χ4v) is 12.6. The number of rotatable bonds is 4. The van der Waals surface area contributed by atoms with Crippen LogP contribution in [0.25, 0.3) is 0 Å². The Morgan fingerprint density at radius 3 is 2.15 bits per heavy atom. The van der Waals surface area contributed by atoms with Crippen molar-refractivity contribution in [3.05, 3.63) is 11.6 Å². The van der Waals surface area contributed by atoms with Gasteiger partial charge in [0.25, 0.3) is 0 Å². The normalized spacial score (nSPS) is 50.8. The molecule has 0 unspecified atom stereocenters. The Morgan fingerprint density at radius 2 is 1.50 bits per heavy atom. The molecule has 14 atom stereocenters. The summed E-state index contributed by atoms with van der Waals surface area (Å²) in [5, 5.41) is 43.9. The van der Waals surface area contributed by atoms with E-state index < -0.39 is 48.2 Å². The molecule has 0 bridgehead atoms. The maximum absolute atomic E-state index is 13.6. The van der Waals surface area contributed by atoms with Crippen LogP contribution in [0.5, 0.6) is 0 Å². The van der Waals surface area contributed by atoms with Gasteiger partial charge >= 0.3 is 11.9 Å². The van der Waals surface area contributed by atoms with Gasteiger partial charge in [-0.25, -0.2) is 4.79 Å². The molecule has 5 fully saturated rings. The van der Waals surface area contributed by atoms with Gasteiger partial charge < -0.3 is 39.4 Å². The summed E-state index contributed by atoms with van der Waals surface area (Å²) in [6.45, 7) is 16.2. The first-order valence-corrected chi connectivity index (χ1v) is 18.1. The smallest absolute Gasteiger partial charge is 0.337 e. The number of fused-ring (bicyclic) bond motifs is 7. The zero-order valence-corrected chi connectivity index (χ0v) is 30.5. The molecule has 0 aromatic carbocycles. The van der Waals surface area contributed by atoms with E-state index in [0.717, 1.165) is 38.5 Å². The Labute approximate surface area is 285 Å². The monoisotopic (exact) mass is 676 g/mol. The second-order valence-electron chi connectivity index (χ2n) is 18.4. The summed E-state index contributed by atoms with van der Waals surface area (Å²) in [5.74, 6) is -0.561. The molecule has 0 aromatic rings. The molecule has 10 heteroatoms. The van der Waals surface area contributed by atoms with Crippen molar-refractivity contribution in [3.8, 4) is 0 Å². The van der Waals surface area contributed by atoms with Crippen LogP contribution in [0.15, 0.2) is 11.6 Å². The lowest BCUT2D eigenvalue weighted by molar-refractivity contribution is -0.324. The van der Waals surface area contributed by atoms with Crippen molar-refractivity contribution in [2.45, 2.75) is 149 Å². The van der Waals surface area contributed by atoms with Crippen LogP contribution in [0.4, 0.5) is 0 Å². The lowest BCUT2D eigenvalue weighted by atomic mass is 9.33. The third-order valence-corrected chi connectivity index (χ3v) is 15.5. The van der Waals surface area contributed by atoms with Crippen LogP contribution in [0, 0.1) is 50.2 Å². The Morgan fingerprint density at radius 1 is 0.812 bits per heavy atom. The van der Waals surface area contributed by atoms with E-state index >= 15 is 0 Å². The van der Waals surface area contributed by atoms with Crippen LogP contribution in [0.1, 0.15) is 106 Å². The SMILES string of the molecule is COC(=O)[C@H]1O[C@@H](O[C@H]2CC[C@]3(C)[C@H]4CC=C5[C@@H]6CC(C)(C)CC[C@]6(C(=O)OC)[C@H](O)C[C@@]5(C)[C@]4(C)CC[C@H]3C2(C)C)[C@H](O)[C@@H](O)[C@@H]1O. The van der Waals surface area contributed by atoms with Crippen LogP contribution in [-0.2, 0) is 28.5 Å². The first kappa shape index (κ1) is 36.2. The summed E-state index contributed by atoms with van der Waals surface area (Å²) in [5.41, 5.74) is -0.267. The van der Waals surface area contributed by atoms with Crippen LogP contribution in [0.2, 0.25) is 0 Å². The molecule has 0 spiro atoms. The number of aliphatic hydroxyl groups is 4. The molecule has 0 amide bonds. The Balaban J connectivity index is 1.30. The summed E-state index contributed by atoms with van der Waals surface area (Å²) in [7, 11) is 2.63. The number of methoxy groups -OCH3 is 2. The van der Waals surface area contributed by atoms with Crippen molar-refractivity contribution in [1.82, 2.24) is 0 Å². The highest BCUT2D eigenvalue weighted by Crippen LogP contribution is 2.76. The van der Waals surface area contributed by atoms with Crippen molar-refractivity contribution in [3.63, 3.8) is 0 Å². The first-order valence-electron chi connectivity index (χ1n) is 18.1. The topological polar surface area (TPSA) is 152 Å². The average molecular weight is 677 g/mol. The van der Waals surface area contributed by atoms with Crippen LogP contribution in [-0.4, -0.2) is 89.5 Å². The summed E-state index contributed by atoms with van der Waals surface area (Å²) in [6.07, 6.45) is 1.12. The fraction of sp³-hybridized carbons (Fsp3) is 0.895. The summed E-state index contributed by atoms with van der Waals surface area (Å²) in [6, 6.07) is 0. The summed E-state index contributed by atoms with van der Waals surface area (Å²) in [4.78, 5) is 25.9. The molecule has 1 aliphatic heterocycles. The van der Waals surface area contributed by atoms with E-state index in [-0.39, 0.29) is 51.0 Å². The molecule has 0 aromatic heterocycles. The lowest BCUT2D eigenvalue weighted by Gasteiger charge is -2.71. The molecular weight excluding hydrogens is 616 g/mol. The van der Waals surface area contributed by atoms with E-state index in [2.05, 4.69) is 54.5 Å². The van der Waals surface area contributed by atoms with Gasteiger partial charge in [-0.05, 0) is 103 Å². The molecule has 6 aliphatic rings. The molecule has 4 saturated carbocycles. The van der Waals surface area contributed by atoms with Gasteiger partial charge in [0.05, 0.1) is 26.4 Å². The highest BCUT2D eigenvalue weighted by molar-refractivity contribution is 5.79. The molecule has 48 heavy (non-hydrogen) atoms. The number of hydrogen-bond donors (Lipinski definition) is 4. The van der Waals surface area contributed by atoms with Crippen LogP contribution >= 0.6 is 0 Å². The van der Waals surface area contributed by atoms with Crippen molar-refractivity contribution in [2.24, 2.45) is 50.2 Å². The number of allylic oxidation sites excluding steroid dienone is 2. The van der Waals surface area contributed by atoms with E-state index in [0.29, 0.717) is 25.2 Å². The standard InChI is InChI=1S/C38H60O10/c1-33(2)16-17-38(32(44)46-9)21(18-33)20-10-11-23-35(5)14-13-25(47-31-28(42)26(40)27(41)29(48-31)30(43)45-8)34(3,4)22(35)12-15-36(23,6)37(20,7)19-24(38)39/h10,21-29,31,39-42H,11-19H2,1-9H3/t21-,22-,23+,24+,25-,26-,27-,28+,29-,31+,35-,36+,37+,38+/m0/s1. The molecule has 4 N–H and O–H groups in total. The number of hydrogen-bond acceptors (Lipinski definition) is 10. The van der Waals surface area contributed by atoms with E-state index in [1.807, 2.05) is 0 Å². The minimum atomic E-state index is -1.63. The molecule has 0 radical (unpaired) electrons. The van der Waals surface area contributed by atoms with E-state index in [1.165, 1.54) is 19.8 Å². The second-order valence-corrected chi connectivity index (χ2v) is 18.4. The highest BCUT2D eigenvalue weighted by Gasteiger charge is 2.71. The third-order valence-electron chi connectivity index (χ3n) is 15.5. The second kappa shape index (κ2) is 11.7. The number of carbonyl (C=O) groups excluding carboxylic acids is 2. The lowest BCUT2D eigenvalue weighted by Crippen LogP contribution is -2.68. The Bertz CT molecular complexity index is 1330. The van der Waals surface area contributed by atoms with Gasteiger partial charge in [0, 0.05) is 0 Å². The zero-order valence-electron chi connectivity index (χ0n) is 30.5. The molecule has 5 aliphatic carbocycles. The average Bonchev–Trinajstić information content (AvgIpc) is 3.01. The third kappa shape index (κ3) is 4.85. The van der Waals surface area contributed by atoms with Crippen molar-refractivity contribution in [2.75, 3.05) is 14.2 Å². The first-order chi connectivity index (χ1) is 22.2. The molecule has 10 nitrogen and oxygen atoms in total. The maximum Gasteiger partial charge on any atom is 0.337 e. The Hall–Kier alpha value is -1.56. The quantitative estimate of drug-likeness (QED) is 0.193. The van der Waals surface area contributed by atoms with Crippen molar-refractivity contribution >= 4 is 11.9 Å². The van der Waals surface area contributed by atoms with E-state index in [4.69, 9.17) is 18.9 Å².